The molecule has 2 fully saturated rings. The molecule has 2 aliphatic rings. The van der Waals surface area contributed by atoms with Crippen LogP contribution in [0, 0.1) is 11.8 Å². The van der Waals surface area contributed by atoms with Crippen LogP contribution in [-0.4, -0.2) is 31.1 Å². The maximum Gasteiger partial charge on any atom is 0.0233 e. The summed E-state index contributed by atoms with van der Waals surface area (Å²) >= 11 is 0. The quantitative estimate of drug-likeness (QED) is 0.855. The molecule has 17 heavy (non-hydrogen) atoms. The second-order valence-corrected chi connectivity index (χ2v) is 5.65. The van der Waals surface area contributed by atoms with Crippen LogP contribution in [-0.2, 0) is 6.54 Å². The first-order valence-electron chi connectivity index (χ1n) is 6.79. The fourth-order valence-corrected chi connectivity index (χ4v) is 3.75. The molecule has 0 radical (unpaired) electrons. The maximum absolute atomic E-state index is 3.57. The van der Waals surface area contributed by atoms with Gasteiger partial charge in [-0.25, -0.2) is 0 Å². The number of hydrogen-bond acceptors (Lipinski definition) is 2. The molecule has 1 saturated heterocycles. The zero-order chi connectivity index (χ0) is 11.7. The van der Waals surface area contributed by atoms with E-state index < -0.39 is 0 Å². The van der Waals surface area contributed by atoms with Crippen molar-refractivity contribution in [2.45, 2.75) is 25.4 Å². The Kier molecular flexibility index (Phi) is 3.17. The van der Waals surface area contributed by atoms with Gasteiger partial charge < -0.3 is 5.32 Å². The average Bonchev–Trinajstić information content (AvgIpc) is 2.61. The van der Waals surface area contributed by atoms with Crippen LogP contribution >= 0.6 is 0 Å². The van der Waals surface area contributed by atoms with Gasteiger partial charge in [0.15, 0.2) is 0 Å². The van der Waals surface area contributed by atoms with E-state index in [1.165, 1.54) is 31.5 Å². The Morgan fingerprint density at radius 1 is 1.12 bits per heavy atom. The SMILES string of the molecule is CN(Cc1ccccc1)C1C2CCC1CNC2. The van der Waals surface area contributed by atoms with Gasteiger partial charge in [-0.1, -0.05) is 30.3 Å². The molecule has 3 rings (SSSR count). The molecule has 1 saturated carbocycles. The summed E-state index contributed by atoms with van der Waals surface area (Å²) < 4.78 is 0. The Labute approximate surface area is 104 Å². The number of hydrogen-bond donors (Lipinski definition) is 1. The molecule has 2 bridgehead atoms. The van der Waals surface area contributed by atoms with Crippen molar-refractivity contribution in [3.8, 4) is 0 Å². The summed E-state index contributed by atoms with van der Waals surface area (Å²) in [4.78, 5) is 2.58. The van der Waals surface area contributed by atoms with Crippen molar-refractivity contribution in [1.29, 1.82) is 0 Å². The summed E-state index contributed by atoms with van der Waals surface area (Å²) in [6.45, 7) is 3.54. The predicted octanol–water partition coefficient (Wildman–Crippen LogP) is 2.12. The lowest BCUT2D eigenvalue weighted by molar-refractivity contribution is 0.125. The van der Waals surface area contributed by atoms with Gasteiger partial charge in [0, 0.05) is 12.6 Å². The van der Waals surface area contributed by atoms with Crippen molar-refractivity contribution >= 4 is 0 Å². The highest BCUT2D eigenvalue weighted by Crippen LogP contribution is 2.37. The van der Waals surface area contributed by atoms with Crippen molar-refractivity contribution in [2.24, 2.45) is 11.8 Å². The molecule has 0 spiro atoms. The van der Waals surface area contributed by atoms with Gasteiger partial charge in [0.2, 0.25) is 0 Å². The Balaban J connectivity index is 1.68. The van der Waals surface area contributed by atoms with Crippen LogP contribution in [0.4, 0.5) is 0 Å². The first-order chi connectivity index (χ1) is 8.34. The van der Waals surface area contributed by atoms with Crippen molar-refractivity contribution in [1.82, 2.24) is 10.2 Å². The summed E-state index contributed by atoms with van der Waals surface area (Å²) in [5.74, 6) is 1.75. The Morgan fingerprint density at radius 2 is 1.76 bits per heavy atom. The smallest absolute Gasteiger partial charge is 0.0233 e. The standard InChI is InChI=1S/C15H22N2/c1-17(11-12-5-3-2-4-6-12)15-13-7-8-14(15)10-16-9-13/h2-6,13-16H,7-11H2,1H3. The molecule has 2 atom stereocenters. The van der Waals surface area contributed by atoms with Crippen molar-refractivity contribution in [3.05, 3.63) is 35.9 Å². The first kappa shape index (κ1) is 11.2. The highest BCUT2D eigenvalue weighted by molar-refractivity contribution is 5.15. The molecule has 2 unspecified atom stereocenters. The van der Waals surface area contributed by atoms with Crippen LogP contribution in [0.2, 0.25) is 0 Å². The lowest BCUT2D eigenvalue weighted by atomic mass is 9.92. The number of nitrogens with zero attached hydrogens (tertiary/aromatic N) is 1. The minimum absolute atomic E-state index is 0.802. The molecule has 1 aliphatic carbocycles. The van der Waals surface area contributed by atoms with Crippen LogP contribution in [0.5, 0.6) is 0 Å². The molecule has 2 heteroatoms. The van der Waals surface area contributed by atoms with Gasteiger partial charge in [-0.05, 0) is 50.4 Å². The van der Waals surface area contributed by atoms with Crippen LogP contribution in [0.15, 0.2) is 30.3 Å². The molecule has 1 heterocycles. The minimum Gasteiger partial charge on any atom is -0.316 e. The highest BCUT2D eigenvalue weighted by Gasteiger charge is 2.40. The predicted molar refractivity (Wildman–Crippen MR) is 70.8 cm³/mol. The topological polar surface area (TPSA) is 15.3 Å². The summed E-state index contributed by atoms with van der Waals surface area (Å²) in [5, 5.41) is 3.57. The van der Waals surface area contributed by atoms with Crippen LogP contribution in [0.25, 0.3) is 0 Å². The number of fused-ring (bicyclic) bond motifs is 2. The normalized spacial score (nSPS) is 32.0. The highest BCUT2D eigenvalue weighted by atomic mass is 15.2. The Morgan fingerprint density at radius 3 is 2.41 bits per heavy atom. The molecular weight excluding hydrogens is 208 g/mol. The summed E-state index contributed by atoms with van der Waals surface area (Å²) in [5.41, 5.74) is 1.44. The molecule has 2 nitrogen and oxygen atoms in total. The van der Waals surface area contributed by atoms with Crippen molar-refractivity contribution in [3.63, 3.8) is 0 Å². The second-order valence-electron chi connectivity index (χ2n) is 5.65. The van der Waals surface area contributed by atoms with Crippen LogP contribution in [0.1, 0.15) is 18.4 Å². The van der Waals surface area contributed by atoms with Gasteiger partial charge in [-0.15, -0.1) is 0 Å². The van der Waals surface area contributed by atoms with Gasteiger partial charge in [0.1, 0.15) is 0 Å². The number of piperidine rings is 1. The first-order valence-corrected chi connectivity index (χ1v) is 6.79. The number of rotatable bonds is 3. The Hall–Kier alpha value is -0.860. The van der Waals surface area contributed by atoms with Crippen LogP contribution in [0.3, 0.4) is 0 Å². The average molecular weight is 230 g/mol. The minimum atomic E-state index is 0.802. The Bertz CT molecular complexity index is 346. The third-order valence-corrected chi connectivity index (χ3v) is 4.47. The van der Waals surface area contributed by atoms with E-state index in [2.05, 4.69) is 47.6 Å². The molecule has 1 aromatic rings. The largest absolute Gasteiger partial charge is 0.316 e. The summed E-state index contributed by atoms with van der Waals surface area (Å²) in [7, 11) is 2.30. The maximum atomic E-state index is 3.57. The molecule has 1 N–H and O–H groups in total. The molecule has 1 aliphatic heterocycles. The lowest BCUT2D eigenvalue weighted by Gasteiger charge is -2.37. The third-order valence-electron chi connectivity index (χ3n) is 4.47. The van der Waals surface area contributed by atoms with E-state index >= 15 is 0 Å². The summed E-state index contributed by atoms with van der Waals surface area (Å²) in [6, 6.07) is 11.6. The van der Waals surface area contributed by atoms with Gasteiger partial charge in [0.05, 0.1) is 0 Å². The summed E-state index contributed by atoms with van der Waals surface area (Å²) in [6.07, 6.45) is 2.84. The van der Waals surface area contributed by atoms with Crippen LogP contribution < -0.4 is 5.32 Å². The lowest BCUT2D eigenvalue weighted by Crippen LogP contribution is -2.49. The van der Waals surface area contributed by atoms with E-state index in [1.807, 2.05) is 0 Å². The molecular formula is C15H22N2. The second kappa shape index (κ2) is 4.79. The van der Waals surface area contributed by atoms with Gasteiger partial charge in [0.25, 0.3) is 0 Å². The van der Waals surface area contributed by atoms with E-state index in [4.69, 9.17) is 0 Å². The van der Waals surface area contributed by atoms with Crippen molar-refractivity contribution in [2.75, 3.05) is 20.1 Å². The van der Waals surface area contributed by atoms with E-state index in [-0.39, 0.29) is 0 Å². The molecule has 0 aromatic heterocycles. The zero-order valence-electron chi connectivity index (χ0n) is 10.6. The number of benzene rings is 1. The van der Waals surface area contributed by atoms with Gasteiger partial charge in [-0.2, -0.15) is 0 Å². The van der Waals surface area contributed by atoms with E-state index in [0.29, 0.717) is 0 Å². The van der Waals surface area contributed by atoms with E-state index in [9.17, 15) is 0 Å². The van der Waals surface area contributed by atoms with E-state index in [1.54, 1.807) is 0 Å². The third kappa shape index (κ3) is 2.24. The van der Waals surface area contributed by atoms with Crippen molar-refractivity contribution < 1.29 is 0 Å². The number of nitrogens with one attached hydrogen (secondary N) is 1. The van der Waals surface area contributed by atoms with E-state index in [0.717, 1.165) is 24.4 Å². The van der Waals surface area contributed by atoms with Gasteiger partial charge >= 0.3 is 0 Å². The monoisotopic (exact) mass is 230 g/mol. The molecule has 92 valence electrons. The fourth-order valence-electron chi connectivity index (χ4n) is 3.75. The fraction of sp³-hybridized carbons (Fsp3) is 0.600. The van der Waals surface area contributed by atoms with Gasteiger partial charge in [-0.3, -0.25) is 4.90 Å². The molecule has 0 amide bonds. The molecule has 1 aromatic carbocycles. The zero-order valence-corrected chi connectivity index (χ0v) is 10.6.